The van der Waals surface area contributed by atoms with Gasteiger partial charge in [0.1, 0.15) is 5.82 Å². The monoisotopic (exact) mass is 237 g/mol. The fourth-order valence-corrected chi connectivity index (χ4v) is 2.46. The first-order valence-electron chi connectivity index (χ1n) is 6.31. The molecule has 0 heterocycles. The van der Waals surface area contributed by atoms with Gasteiger partial charge < -0.3 is 10.4 Å². The van der Waals surface area contributed by atoms with Gasteiger partial charge in [-0.2, -0.15) is 0 Å². The summed E-state index contributed by atoms with van der Waals surface area (Å²) in [7, 11) is 0. The van der Waals surface area contributed by atoms with Crippen molar-refractivity contribution in [1.29, 1.82) is 0 Å². The third-order valence-corrected chi connectivity index (χ3v) is 3.39. The van der Waals surface area contributed by atoms with Gasteiger partial charge in [-0.25, -0.2) is 4.39 Å². The Morgan fingerprint density at radius 3 is 2.59 bits per heavy atom. The predicted molar refractivity (Wildman–Crippen MR) is 66.2 cm³/mol. The molecule has 0 amide bonds. The summed E-state index contributed by atoms with van der Waals surface area (Å²) in [5.74, 6) is -0.166. The zero-order chi connectivity index (χ0) is 12.3. The van der Waals surface area contributed by atoms with Crippen LogP contribution in [0.25, 0.3) is 0 Å². The highest BCUT2D eigenvalue weighted by atomic mass is 19.1. The Labute approximate surface area is 102 Å². The summed E-state index contributed by atoms with van der Waals surface area (Å²) in [6, 6.07) is 5.59. The summed E-state index contributed by atoms with van der Waals surface area (Å²) >= 11 is 0. The van der Waals surface area contributed by atoms with Crippen molar-refractivity contribution in [3.8, 4) is 0 Å². The fourth-order valence-electron chi connectivity index (χ4n) is 2.46. The van der Waals surface area contributed by atoms with E-state index in [1.54, 1.807) is 12.1 Å². The Balaban J connectivity index is 1.85. The van der Waals surface area contributed by atoms with Gasteiger partial charge >= 0.3 is 0 Å². The van der Waals surface area contributed by atoms with Gasteiger partial charge in [0.2, 0.25) is 0 Å². The van der Waals surface area contributed by atoms with E-state index < -0.39 is 0 Å². The van der Waals surface area contributed by atoms with Crippen LogP contribution >= 0.6 is 0 Å². The van der Waals surface area contributed by atoms with E-state index in [4.69, 9.17) is 0 Å². The smallest absolute Gasteiger partial charge is 0.123 e. The molecule has 2 nitrogen and oxygen atoms in total. The van der Waals surface area contributed by atoms with Crippen molar-refractivity contribution in [2.75, 3.05) is 0 Å². The van der Waals surface area contributed by atoms with E-state index >= 15 is 0 Å². The van der Waals surface area contributed by atoms with Gasteiger partial charge in [0.25, 0.3) is 0 Å². The predicted octanol–water partition coefficient (Wildman–Crippen LogP) is 2.53. The van der Waals surface area contributed by atoms with Gasteiger partial charge in [0, 0.05) is 12.6 Å². The van der Waals surface area contributed by atoms with E-state index in [2.05, 4.69) is 5.32 Å². The van der Waals surface area contributed by atoms with E-state index in [0.29, 0.717) is 12.6 Å². The first-order chi connectivity index (χ1) is 8.13. The Hall–Kier alpha value is -0.930. The molecule has 94 valence electrons. The molecule has 1 aliphatic rings. The number of rotatable bonds is 3. The molecule has 1 aliphatic carbocycles. The number of benzene rings is 1. The minimum atomic E-state index is -0.166. The molecule has 1 fully saturated rings. The molecule has 0 aromatic heterocycles. The van der Waals surface area contributed by atoms with Crippen molar-refractivity contribution in [2.24, 2.45) is 0 Å². The Kier molecular flexibility index (Phi) is 4.13. The minimum absolute atomic E-state index is 0.121. The highest BCUT2D eigenvalue weighted by Crippen LogP contribution is 2.19. The molecular formula is C14H20FNO. The maximum atomic E-state index is 13.2. The van der Waals surface area contributed by atoms with E-state index in [1.165, 1.54) is 0 Å². The second kappa shape index (κ2) is 5.61. The summed E-state index contributed by atoms with van der Waals surface area (Å²) in [6.07, 6.45) is 3.65. The molecule has 2 N–H and O–H groups in total. The van der Waals surface area contributed by atoms with Crippen LogP contribution in [0.5, 0.6) is 0 Å². The van der Waals surface area contributed by atoms with Crippen LogP contribution in [0.15, 0.2) is 18.2 Å². The average molecular weight is 237 g/mol. The molecule has 1 aromatic carbocycles. The quantitative estimate of drug-likeness (QED) is 0.846. The molecule has 17 heavy (non-hydrogen) atoms. The van der Waals surface area contributed by atoms with Crippen LogP contribution in [0.1, 0.15) is 36.8 Å². The Morgan fingerprint density at radius 1 is 1.24 bits per heavy atom. The van der Waals surface area contributed by atoms with E-state index in [0.717, 1.165) is 36.8 Å². The summed E-state index contributed by atoms with van der Waals surface area (Å²) in [5, 5.41) is 12.8. The summed E-state index contributed by atoms with van der Waals surface area (Å²) in [6.45, 7) is 2.61. The molecule has 0 spiro atoms. The standard InChI is InChI=1S/C14H20FNO/c1-10-6-11(8-12(15)7-10)9-16-13-2-4-14(17)5-3-13/h6-8,13-14,16-17H,2-5,9H2,1H3. The summed E-state index contributed by atoms with van der Waals surface area (Å²) < 4.78 is 13.2. The molecule has 3 heteroatoms. The van der Waals surface area contributed by atoms with Crippen LogP contribution in [-0.2, 0) is 6.54 Å². The van der Waals surface area contributed by atoms with Gasteiger partial charge in [-0.05, 0) is 55.9 Å². The van der Waals surface area contributed by atoms with Crippen LogP contribution in [0.4, 0.5) is 4.39 Å². The van der Waals surface area contributed by atoms with Crippen LogP contribution in [0.3, 0.4) is 0 Å². The zero-order valence-electron chi connectivity index (χ0n) is 10.2. The molecule has 0 unspecified atom stereocenters. The normalized spacial score (nSPS) is 24.9. The second-order valence-electron chi connectivity index (χ2n) is 5.02. The average Bonchev–Trinajstić information content (AvgIpc) is 2.27. The van der Waals surface area contributed by atoms with Gasteiger partial charge in [-0.15, -0.1) is 0 Å². The van der Waals surface area contributed by atoms with Crippen LogP contribution in [0, 0.1) is 12.7 Å². The lowest BCUT2D eigenvalue weighted by Gasteiger charge is -2.26. The molecular weight excluding hydrogens is 217 g/mol. The van der Waals surface area contributed by atoms with Crippen molar-refractivity contribution >= 4 is 0 Å². The Bertz CT molecular complexity index is 352. The largest absolute Gasteiger partial charge is 0.393 e. The molecule has 0 aliphatic heterocycles. The molecule has 0 atom stereocenters. The zero-order valence-corrected chi connectivity index (χ0v) is 10.2. The van der Waals surface area contributed by atoms with Crippen molar-refractivity contribution in [2.45, 2.75) is 51.3 Å². The number of aliphatic hydroxyl groups excluding tert-OH is 1. The number of hydrogen-bond acceptors (Lipinski definition) is 2. The number of hydrogen-bond donors (Lipinski definition) is 2. The number of aliphatic hydroxyl groups is 1. The molecule has 0 radical (unpaired) electrons. The van der Waals surface area contributed by atoms with E-state index in [-0.39, 0.29) is 11.9 Å². The van der Waals surface area contributed by atoms with Crippen LogP contribution < -0.4 is 5.32 Å². The van der Waals surface area contributed by atoms with Gasteiger partial charge in [-0.1, -0.05) is 6.07 Å². The van der Waals surface area contributed by atoms with Gasteiger partial charge in [0.15, 0.2) is 0 Å². The van der Waals surface area contributed by atoms with Crippen molar-refractivity contribution < 1.29 is 9.50 Å². The second-order valence-corrected chi connectivity index (χ2v) is 5.02. The maximum Gasteiger partial charge on any atom is 0.123 e. The van der Waals surface area contributed by atoms with Crippen molar-refractivity contribution in [3.63, 3.8) is 0 Å². The van der Waals surface area contributed by atoms with Crippen molar-refractivity contribution in [3.05, 3.63) is 35.1 Å². The molecule has 1 saturated carbocycles. The minimum Gasteiger partial charge on any atom is -0.393 e. The lowest BCUT2D eigenvalue weighted by molar-refractivity contribution is 0.116. The third-order valence-electron chi connectivity index (χ3n) is 3.39. The van der Waals surface area contributed by atoms with Gasteiger partial charge in [0.05, 0.1) is 6.10 Å². The lowest BCUT2D eigenvalue weighted by Crippen LogP contribution is -2.34. The molecule has 0 bridgehead atoms. The first-order valence-corrected chi connectivity index (χ1v) is 6.31. The number of halogens is 1. The van der Waals surface area contributed by atoms with Crippen molar-refractivity contribution in [1.82, 2.24) is 5.32 Å². The number of aryl methyl sites for hydroxylation is 1. The maximum absolute atomic E-state index is 13.2. The third kappa shape index (κ3) is 3.79. The summed E-state index contributed by atoms with van der Waals surface area (Å²) in [5.41, 5.74) is 1.95. The first kappa shape index (κ1) is 12.5. The molecule has 1 aromatic rings. The molecule has 2 rings (SSSR count). The SMILES string of the molecule is Cc1cc(F)cc(CNC2CCC(O)CC2)c1. The highest BCUT2D eigenvalue weighted by molar-refractivity contribution is 5.23. The Morgan fingerprint density at radius 2 is 1.94 bits per heavy atom. The molecule has 0 saturated heterocycles. The van der Waals surface area contributed by atoms with E-state index in [1.807, 2.05) is 13.0 Å². The van der Waals surface area contributed by atoms with E-state index in [9.17, 15) is 9.50 Å². The van der Waals surface area contributed by atoms with Gasteiger partial charge in [-0.3, -0.25) is 0 Å². The highest BCUT2D eigenvalue weighted by Gasteiger charge is 2.18. The lowest BCUT2D eigenvalue weighted by atomic mass is 9.93. The summed E-state index contributed by atoms with van der Waals surface area (Å²) in [4.78, 5) is 0. The number of nitrogens with one attached hydrogen (secondary N) is 1. The van der Waals surface area contributed by atoms with Crippen LogP contribution in [-0.4, -0.2) is 17.3 Å². The fraction of sp³-hybridized carbons (Fsp3) is 0.571. The topological polar surface area (TPSA) is 32.3 Å². The van der Waals surface area contributed by atoms with Crippen LogP contribution in [0.2, 0.25) is 0 Å².